The lowest BCUT2D eigenvalue weighted by Gasteiger charge is -2.27. The van der Waals surface area contributed by atoms with Crippen LogP contribution in [0, 0.1) is 0 Å². The Balaban J connectivity index is 1.49. The van der Waals surface area contributed by atoms with E-state index in [-0.39, 0.29) is 30.6 Å². The third kappa shape index (κ3) is 4.79. The Morgan fingerprint density at radius 1 is 1.35 bits per heavy atom. The van der Waals surface area contributed by atoms with E-state index in [9.17, 15) is 9.59 Å². The summed E-state index contributed by atoms with van der Waals surface area (Å²) in [7, 11) is 1.63. The van der Waals surface area contributed by atoms with Gasteiger partial charge in [0.15, 0.2) is 0 Å². The van der Waals surface area contributed by atoms with Gasteiger partial charge in [0, 0.05) is 31.6 Å². The van der Waals surface area contributed by atoms with Crippen molar-refractivity contribution in [1.82, 2.24) is 5.32 Å². The zero-order valence-electron chi connectivity index (χ0n) is 14.9. The first-order valence-electron chi connectivity index (χ1n) is 8.80. The maximum atomic E-state index is 12.4. The highest BCUT2D eigenvalue weighted by Crippen LogP contribution is 2.20. The molecule has 1 aromatic carbocycles. The average molecular weight is 363 g/mol. The van der Waals surface area contributed by atoms with E-state index in [0.717, 1.165) is 5.69 Å². The van der Waals surface area contributed by atoms with Crippen molar-refractivity contribution < 1.29 is 23.8 Å². The van der Waals surface area contributed by atoms with Crippen LogP contribution < -0.4 is 15.5 Å². The van der Waals surface area contributed by atoms with Crippen LogP contribution in [0.2, 0.25) is 0 Å². The summed E-state index contributed by atoms with van der Waals surface area (Å²) >= 11 is 0. The van der Waals surface area contributed by atoms with E-state index in [1.807, 2.05) is 12.1 Å². The highest BCUT2D eigenvalue weighted by Gasteiger charge is 2.30. The minimum Gasteiger partial charge on any atom is -0.382 e. The van der Waals surface area contributed by atoms with Crippen LogP contribution in [0.3, 0.4) is 0 Å². The molecule has 1 aromatic rings. The van der Waals surface area contributed by atoms with E-state index >= 15 is 0 Å². The third-order valence-corrected chi connectivity index (χ3v) is 4.48. The van der Waals surface area contributed by atoms with Crippen LogP contribution in [0.25, 0.3) is 0 Å². The van der Waals surface area contributed by atoms with E-state index in [0.29, 0.717) is 45.0 Å². The summed E-state index contributed by atoms with van der Waals surface area (Å²) < 4.78 is 15.7. The summed E-state index contributed by atoms with van der Waals surface area (Å²) in [5, 5.41) is 6.08. The van der Waals surface area contributed by atoms with Gasteiger partial charge in [0.05, 0.1) is 32.0 Å². The normalized spacial score (nSPS) is 23.3. The second-order valence-corrected chi connectivity index (χ2v) is 6.32. The number of hydrogen-bond donors (Lipinski definition) is 2. The number of benzene rings is 1. The number of anilines is 2. The average Bonchev–Trinajstić information content (AvgIpc) is 3.12. The number of morpholine rings is 1. The molecule has 2 N–H and O–H groups in total. The van der Waals surface area contributed by atoms with Gasteiger partial charge in [0.25, 0.3) is 5.91 Å². The van der Waals surface area contributed by atoms with Gasteiger partial charge < -0.3 is 29.7 Å². The number of methoxy groups -OCH3 is 1. The number of rotatable bonds is 7. The van der Waals surface area contributed by atoms with E-state index in [2.05, 4.69) is 10.6 Å². The van der Waals surface area contributed by atoms with Crippen LogP contribution in [0.15, 0.2) is 24.3 Å². The number of nitrogens with one attached hydrogen (secondary N) is 2. The maximum Gasteiger partial charge on any atom is 0.253 e. The SMILES string of the molecule is COCCO[C@H]1CN[C@@H](C(=O)Nc2ccc(N3CCOCC3=O)cc2)C1. The fourth-order valence-corrected chi connectivity index (χ4v) is 3.07. The predicted octanol–water partition coefficient (Wildman–Crippen LogP) is 0.382. The van der Waals surface area contributed by atoms with E-state index in [4.69, 9.17) is 14.2 Å². The molecule has 2 aliphatic rings. The molecule has 0 bridgehead atoms. The largest absolute Gasteiger partial charge is 0.382 e. The highest BCUT2D eigenvalue weighted by atomic mass is 16.5. The van der Waals surface area contributed by atoms with Crippen molar-refractivity contribution in [2.24, 2.45) is 0 Å². The van der Waals surface area contributed by atoms with Gasteiger partial charge in [-0.15, -0.1) is 0 Å². The van der Waals surface area contributed by atoms with Crippen LogP contribution in [-0.2, 0) is 23.8 Å². The van der Waals surface area contributed by atoms with Gasteiger partial charge in [-0.2, -0.15) is 0 Å². The molecule has 0 aromatic heterocycles. The monoisotopic (exact) mass is 363 g/mol. The van der Waals surface area contributed by atoms with Crippen LogP contribution in [0.1, 0.15) is 6.42 Å². The Labute approximate surface area is 152 Å². The van der Waals surface area contributed by atoms with Crippen molar-refractivity contribution in [3.8, 4) is 0 Å². The van der Waals surface area contributed by atoms with E-state index < -0.39 is 0 Å². The van der Waals surface area contributed by atoms with Crippen molar-refractivity contribution >= 4 is 23.2 Å². The molecule has 2 saturated heterocycles. The fourth-order valence-electron chi connectivity index (χ4n) is 3.07. The van der Waals surface area contributed by atoms with Crippen molar-refractivity contribution in [3.05, 3.63) is 24.3 Å². The fraction of sp³-hybridized carbons (Fsp3) is 0.556. The van der Waals surface area contributed by atoms with Crippen LogP contribution in [0.4, 0.5) is 11.4 Å². The minimum absolute atomic E-state index is 0.0237. The molecule has 0 spiro atoms. The topological polar surface area (TPSA) is 89.1 Å². The summed E-state index contributed by atoms with van der Waals surface area (Å²) in [5.74, 6) is -0.138. The number of amides is 2. The highest BCUT2D eigenvalue weighted by molar-refractivity contribution is 5.97. The lowest BCUT2D eigenvalue weighted by Crippen LogP contribution is -2.41. The smallest absolute Gasteiger partial charge is 0.253 e. The Morgan fingerprint density at radius 2 is 2.15 bits per heavy atom. The standard InChI is InChI=1S/C18H25N3O5/c1-24-8-9-26-15-10-16(19-11-15)18(23)20-13-2-4-14(5-3-13)21-6-7-25-12-17(21)22/h2-5,15-16,19H,6-12H2,1H3,(H,20,23)/t15-,16-/m1/s1. The van der Waals surface area contributed by atoms with E-state index in [1.165, 1.54) is 0 Å². The van der Waals surface area contributed by atoms with E-state index in [1.54, 1.807) is 24.1 Å². The second-order valence-electron chi connectivity index (χ2n) is 6.32. The summed E-state index contributed by atoms with van der Waals surface area (Å²) in [6.45, 7) is 2.91. The summed E-state index contributed by atoms with van der Waals surface area (Å²) in [6, 6.07) is 6.99. The molecule has 2 amide bonds. The molecule has 2 fully saturated rings. The first-order valence-corrected chi connectivity index (χ1v) is 8.80. The Kier molecular flexibility index (Phi) is 6.56. The summed E-state index contributed by atoms with van der Waals surface area (Å²) in [6.07, 6.45) is 0.659. The van der Waals surface area contributed by atoms with Crippen LogP contribution in [0.5, 0.6) is 0 Å². The molecule has 2 aliphatic heterocycles. The summed E-state index contributed by atoms with van der Waals surface area (Å²) in [4.78, 5) is 25.9. The molecule has 2 atom stereocenters. The number of nitrogens with zero attached hydrogens (tertiary/aromatic N) is 1. The first-order chi connectivity index (χ1) is 12.7. The molecule has 8 heteroatoms. The Bertz CT molecular complexity index is 622. The number of carbonyl (C=O) groups is 2. The molecule has 2 heterocycles. The molecule has 8 nitrogen and oxygen atoms in total. The maximum absolute atomic E-state index is 12.4. The molecule has 26 heavy (non-hydrogen) atoms. The molecule has 0 radical (unpaired) electrons. The van der Waals surface area contributed by atoms with Gasteiger partial charge in [0.1, 0.15) is 6.61 Å². The molecular weight excluding hydrogens is 338 g/mol. The molecule has 3 rings (SSSR count). The van der Waals surface area contributed by atoms with Crippen LogP contribution >= 0.6 is 0 Å². The van der Waals surface area contributed by atoms with Crippen LogP contribution in [-0.4, -0.2) is 70.6 Å². The molecule has 0 aliphatic carbocycles. The number of carbonyl (C=O) groups excluding carboxylic acids is 2. The minimum atomic E-state index is -0.275. The lowest BCUT2D eigenvalue weighted by atomic mass is 10.2. The molecule has 142 valence electrons. The van der Waals surface area contributed by atoms with Gasteiger partial charge in [-0.3, -0.25) is 9.59 Å². The number of ether oxygens (including phenoxy) is 3. The third-order valence-electron chi connectivity index (χ3n) is 4.48. The van der Waals surface area contributed by atoms with Crippen molar-refractivity contribution in [3.63, 3.8) is 0 Å². The molecule has 0 saturated carbocycles. The van der Waals surface area contributed by atoms with Gasteiger partial charge in [-0.05, 0) is 30.7 Å². The van der Waals surface area contributed by atoms with Gasteiger partial charge in [0.2, 0.25) is 5.91 Å². The van der Waals surface area contributed by atoms with Gasteiger partial charge >= 0.3 is 0 Å². The Morgan fingerprint density at radius 3 is 2.88 bits per heavy atom. The summed E-state index contributed by atoms with van der Waals surface area (Å²) in [5.41, 5.74) is 1.51. The van der Waals surface area contributed by atoms with Gasteiger partial charge in [-0.25, -0.2) is 0 Å². The second kappa shape index (κ2) is 9.09. The number of hydrogen-bond acceptors (Lipinski definition) is 6. The zero-order chi connectivity index (χ0) is 18.4. The van der Waals surface area contributed by atoms with Gasteiger partial charge in [-0.1, -0.05) is 0 Å². The molecular formula is C18H25N3O5. The van der Waals surface area contributed by atoms with Crippen molar-refractivity contribution in [2.45, 2.75) is 18.6 Å². The predicted molar refractivity (Wildman–Crippen MR) is 96.3 cm³/mol. The quantitative estimate of drug-likeness (QED) is 0.681. The molecule has 0 unspecified atom stereocenters. The zero-order valence-corrected chi connectivity index (χ0v) is 14.9. The Hall–Kier alpha value is -2.00. The van der Waals surface area contributed by atoms with Crippen molar-refractivity contribution in [1.29, 1.82) is 0 Å². The first kappa shape index (κ1) is 18.8. The van der Waals surface area contributed by atoms with Crippen molar-refractivity contribution in [2.75, 3.05) is 56.8 Å². The lowest BCUT2D eigenvalue weighted by molar-refractivity contribution is -0.125.